The summed E-state index contributed by atoms with van der Waals surface area (Å²) in [7, 11) is 0. The van der Waals surface area contributed by atoms with Gasteiger partial charge in [-0.05, 0) is 17.0 Å². The summed E-state index contributed by atoms with van der Waals surface area (Å²) in [6, 6.07) is 11.7. The first-order chi connectivity index (χ1) is 14.2. The lowest BCUT2D eigenvalue weighted by Crippen LogP contribution is -2.43. The van der Waals surface area contributed by atoms with Gasteiger partial charge in [0.25, 0.3) is 5.56 Å². The monoisotopic (exact) mass is 412 g/mol. The molecule has 1 aliphatic rings. The molecular weight excluding hydrogens is 388 g/mol. The highest BCUT2D eigenvalue weighted by atomic mass is 32.1. The fraction of sp³-hybridized carbons (Fsp3) is 0.381. The van der Waals surface area contributed by atoms with Crippen molar-refractivity contribution in [3.8, 4) is 0 Å². The Morgan fingerprint density at radius 3 is 2.79 bits per heavy atom. The topological polar surface area (TPSA) is 76.5 Å². The first-order valence-corrected chi connectivity index (χ1v) is 10.7. The summed E-state index contributed by atoms with van der Waals surface area (Å²) >= 11 is 1.44. The normalized spacial score (nSPS) is 16.0. The lowest BCUT2D eigenvalue weighted by molar-refractivity contribution is -0.122. The van der Waals surface area contributed by atoms with Crippen LogP contribution in [0.1, 0.15) is 18.0 Å². The van der Waals surface area contributed by atoms with Crippen molar-refractivity contribution in [3.05, 3.63) is 64.0 Å². The average molecular weight is 413 g/mol. The van der Waals surface area contributed by atoms with Crippen LogP contribution in [0.2, 0.25) is 0 Å². The fourth-order valence-electron chi connectivity index (χ4n) is 3.50. The molecule has 2 aromatic heterocycles. The van der Waals surface area contributed by atoms with E-state index in [9.17, 15) is 9.59 Å². The molecule has 1 N–H and O–H groups in total. The summed E-state index contributed by atoms with van der Waals surface area (Å²) in [5.74, 6) is -0.0792. The third-order valence-corrected chi connectivity index (χ3v) is 5.93. The van der Waals surface area contributed by atoms with Crippen LogP contribution in [-0.4, -0.2) is 53.2 Å². The van der Waals surface area contributed by atoms with Gasteiger partial charge in [-0.1, -0.05) is 30.3 Å². The van der Waals surface area contributed by atoms with Gasteiger partial charge in [0.2, 0.25) is 5.91 Å². The van der Waals surface area contributed by atoms with E-state index in [-0.39, 0.29) is 23.9 Å². The van der Waals surface area contributed by atoms with Crippen LogP contribution in [-0.2, 0) is 16.1 Å². The van der Waals surface area contributed by atoms with E-state index in [1.165, 1.54) is 22.2 Å². The van der Waals surface area contributed by atoms with Gasteiger partial charge in [0.15, 0.2) is 0 Å². The van der Waals surface area contributed by atoms with Crippen molar-refractivity contribution in [2.75, 3.05) is 32.8 Å². The Morgan fingerprint density at radius 1 is 1.21 bits per heavy atom. The Kier molecular flexibility index (Phi) is 6.33. The van der Waals surface area contributed by atoms with Crippen LogP contribution in [0.3, 0.4) is 0 Å². The smallest absolute Gasteiger partial charge is 0.262 e. The molecule has 29 heavy (non-hydrogen) atoms. The van der Waals surface area contributed by atoms with Crippen molar-refractivity contribution in [2.24, 2.45) is 0 Å². The molecule has 1 saturated heterocycles. The van der Waals surface area contributed by atoms with Gasteiger partial charge < -0.3 is 10.1 Å². The summed E-state index contributed by atoms with van der Waals surface area (Å²) < 4.78 is 6.93. The SMILES string of the molecule is O=C(CCn1cnc2sccc2c1=O)NC(CN1CCOCC1)c1ccccc1. The standard InChI is InChI=1S/C21H24N4O3S/c26-19(6-8-25-15-22-20-17(21(25)27)7-13-29-20)23-18(16-4-2-1-3-5-16)14-24-9-11-28-12-10-24/h1-5,7,13,15,18H,6,8-12,14H2,(H,23,26). The number of morpholine rings is 1. The Morgan fingerprint density at radius 2 is 2.00 bits per heavy atom. The zero-order valence-corrected chi connectivity index (χ0v) is 16.9. The van der Waals surface area contributed by atoms with Gasteiger partial charge in [-0.3, -0.25) is 19.1 Å². The first kappa shape index (κ1) is 19.8. The number of nitrogens with zero attached hydrogens (tertiary/aromatic N) is 3. The number of benzene rings is 1. The molecule has 1 aliphatic heterocycles. The summed E-state index contributed by atoms with van der Waals surface area (Å²) in [5.41, 5.74) is 0.975. The lowest BCUT2D eigenvalue weighted by atomic mass is 10.1. The Labute approximate surface area is 172 Å². The van der Waals surface area contributed by atoms with Crippen LogP contribution in [0.25, 0.3) is 10.2 Å². The van der Waals surface area contributed by atoms with E-state index in [1.54, 1.807) is 6.07 Å². The third kappa shape index (κ3) is 4.90. The second-order valence-electron chi connectivity index (χ2n) is 7.08. The number of aryl methyl sites for hydroxylation is 1. The van der Waals surface area contributed by atoms with E-state index in [1.807, 2.05) is 35.7 Å². The van der Waals surface area contributed by atoms with Crippen molar-refractivity contribution in [2.45, 2.75) is 19.0 Å². The maximum Gasteiger partial charge on any atom is 0.262 e. The van der Waals surface area contributed by atoms with Crippen molar-refractivity contribution in [1.82, 2.24) is 19.8 Å². The zero-order valence-electron chi connectivity index (χ0n) is 16.1. The van der Waals surface area contributed by atoms with Crippen LogP contribution < -0.4 is 10.9 Å². The number of rotatable bonds is 7. The first-order valence-electron chi connectivity index (χ1n) is 9.78. The molecule has 0 spiro atoms. The average Bonchev–Trinajstić information content (AvgIpc) is 3.24. The molecule has 0 bridgehead atoms. The Bertz CT molecular complexity index is 1010. The molecule has 3 heterocycles. The minimum absolute atomic E-state index is 0.0792. The maximum absolute atomic E-state index is 12.7. The minimum Gasteiger partial charge on any atom is -0.379 e. The van der Waals surface area contributed by atoms with Crippen LogP contribution in [0.4, 0.5) is 0 Å². The van der Waals surface area contributed by atoms with Gasteiger partial charge in [-0.15, -0.1) is 11.3 Å². The third-order valence-electron chi connectivity index (χ3n) is 5.11. The van der Waals surface area contributed by atoms with E-state index >= 15 is 0 Å². The van der Waals surface area contributed by atoms with Crippen LogP contribution in [0.5, 0.6) is 0 Å². The molecule has 0 radical (unpaired) electrons. The van der Waals surface area contributed by atoms with E-state index in [4.69, 9.17) is 4.74 Å². The van der Waals surface area contributed by atoms with Crippen molar-refractivity contribution < 1.29 is 9.53 Å². The number of carbonyl (C=O) groups excluding carboxylic acids is 1. The zero-order chi connectivity index (χ0) is 20.1. The van der Waals surface area contributed by atoms with Crippen molar-refractivity contribution in [1.29, 1.82) is 0 Å². The van der Waals surface area contributed by atoms with Gasteiger partial charge in [0.1, 0.15) is 4.83 Å². The van der Waals surface area contributed by atoms with Gasteiger partial charge in [-0.2, -0.15) is 0 Å². The molecule has 8 heteroatoms. The highest BCUT2D eigenvalue weighted by Gasteiger charge is 2.20. The molecule has 1 atom stereocenters. The molecule has 3 aromatic rings. The minimum atomic E-state index is -0.101. The van der Waals surface area contributed by atoms with Gasteiger partial charge in [0, 0.05) is 32.6 Å². The van der Waals surface area contributed by atoms with E-state index < -0.39 is 0 Å². The van der Waals surface area contributed by atoms with Crippen molar-refractivity contribution in [3.63, 3.8) is 0 Å². The summed E-state index contributed by atoms with van der Waals surface area (Å²) in [4.78, 5) is 32.5. The number of carbonyl (C=O) groups is 1. The Hall–Kier alpha value is -2.55. The molecular formula is C21H24N4O3S. The number of aromatic nitrogens is 2. The van der Waals surface area contributed by atoms with E-state index in [0.717, 1.165) is 43.2 Å². The quantitative estimate of drug-likeness (QED) is 0.643. The van der Waals surface area contributed by atoms with Crippen molar-refractivity contribution >= 4 is 27.5 Å². The molecule has 0 aliphatic carbocycles. The Balaban J connectivity index is 1.41. The fourth-order valence-corrected chi connectivity index (χ4v) is 4.23. The summed E-state index contributed by atoms with van der Waals surface area (Å²) in [5, 5.41) is 5.60. The highest BCUT2D eigenvalue weighted by molar-refractivity contribution is 7.16. The van der Waals surface area contributed by atoms with Gasteiger partial charge in [-0.25, -0.2) is 4.98 Å². The summed E-state index contributed by atoms with van der Waals surface area (Å²) in [6.45, 7) is 4.21. The molecule has 1 amide bonds. The number of amides is 1. The summed E-state index contributed by atoms with van der Waals surface area (Å²) in [6.07, 6.45) is 1.75. The highest BCUT2D eigenvalue weighted by Crippen LogP contribution is 2.16. The number of ether oxygens (including phenoxy) is 1. The molecule has 1 fully saturated rings. The van der Waals surface area contributed by atoms with E-state index in [2.05, 4.69) is 15.2 Å². The number of nitrogens with one attached hydrogen (secondary N) is 1. The second-order valence-corrected chi connectivity index (χ2v) is 7.97. The van der Waals surface area contributed by atoms with E-state index in [0.29, 0.717) is 11.9 Å². The molecule has 152 valence electrons. The number of hydrogen-bond donors (Lipinski definition) is 1. The van der Waals surface area contributed by atoms with Gasteiger partial charge >= 0.3 is 0 Å². The molecule has 4 rings (SSSR count). The molecule has 1 unspecified atom stereocenters. The van der Waals surface area contributed by atoms with Crippen LogP contribution >= 0.6 is 11.3 Å². The number of thiophene rings is 1. The van der Waals surface area contributed by atoms with Crippen LogP contribution in [0, 0.1) is 0 Å². The number of hydrogen-bond acceptors (Lipinski definition) is 6. The second kappa shape index (κ2) is 9.30. The predicted molar refractivity (Wildman–Crippen MR) is 113 cm³/mol. The maximum atomic E-state index is 12.7. The lowest BCUT2D eigenvalue weighted by Gasteiger charge is -2.31. The molecule has 7 nitrogen and oxygen atoms in total. The van der Waals surface area contributed by atoms with Gasteiger partial charge in [0.05, 0.1) is 31.0 Å². The number of fused-ring (bicyclic) bond motifs is 1. The predicted octanol–water partition coefficient (Wildman–Crippen LogP) is 2.04. The molecule has 1 aromatic carbocycles. The largest absolute Gasteiger partial charge is 0.379 e. The molecule has 0 saturated carbocycles. The van der Waals surface area contributed by atoms with Crippen LogP contribution in [0.15, 0.2) is 52.9 Å².